The summed E-state index contributed by atoms with van der Waals surface area (Å²) in [5.41, 5.74) is -0.413. The van der Waals surface area contributed by atoms with Crippen LogP contribution in [0, 0.1) is 10.1 Å². The average Bonchev–Trinajstić information content (AvgIpc) is 2.44. The van der Waals surface area contributed by atoms with E-state index in [1.165, 1.54) is 29.0 Å². The van der Waals surface area contributed by atoms with Gasteiger partial charge >= 0.3 is 0 Å². The van der Waals surface area contributed by atoms with Gasteiger partial charge in [-0.05, 0) is 34.1 Å². The number of hydrogen-bond donors (Lipinski definition) is 1. The predicted molar refractivity (Wildman–Crippen MR) is 85.1 cm³/mol. The number of rotatable bonds is 4. The lowest BCUT2D eigenvalue weighted by Gasteiger charge is -2.08. The van der Waals surface area contributed by atoms with Crippen molar-refractivity contribution in [3.05, 3.63) is 66.5 Å². The van der Waals surface area contributed by atoms with Crippen LogP contribution in [0.15, 0.2) is 45.8 Å². The van der Waals surface area contributed by atoms with E-state index in [0.717, 1.165) is 6.07 Å². The molecular formula is C13H9BrClN3O4. The van der Waals surface area contributed by atoms with Crippen LogP contribution in [0.5, 0.6) is 0 Å². The summed E-state index contributed by atoms with van der Waals surface area (Å²) in [5, 5.41) is 13.3. The Labute approximate surface area is 137 Å². The summed E-state index contributed by atoms with van der Waals surface area (Å²) in [6.45, 7) is -0.214. The number of aromatic nitrogens is 1. The Morgan fingerprint density at radius 2 is 2.09 bits per heavy atom. The Bertz CT molecular complexity index is 806. The van der Waals surface area contributed by atoms with Gasteiger partial charge in [-0.15, -0.1) is 0 Å². The predicted octanol–water partition coefficient (Wildman–Crippen LogP) is 2.81. The van der Waals surface area contributed by atoms with Gasteiger partial charge in [0.15, 0.2) is 0 Å². The molecule has 1 heterocycles. The van der Waals surface area contributed by atoms with Gasteiger partial charge in [0.05, 0.1) is 4.92 Å². The number of carbonyl (C=O) groups excluding carboxylic acids is 1. The van der Waals surface area contributed by atoms with Crippen molar-refractivity contribution < 1.29 is 9.72 Å². The third kappa shape index (κ3) is 3.92. The van der Waals surface area contributed by atoms with Crippen molar-refractivity contribution in [2.75, 3.05) is 5.32 Å². The Morgan fingerprint density at radius 3 is 2.77 bits per heavy atom. The second-order valence-corrected chi connectivity index (χ2v) is 5.61. The van der Waals surface area contributed by atoms with E-state index < -0.39 is 10.8 Å². The maximum atomic E-state index is 11.9. The van der Waals surface area contributed by atoms with E-state index in [0.29, 0.717) is 4.47 Å². The van der Waals surface area contributed by atoms with Crippen LogP contribution in [0.3, 0.4) is 0 Å². The van der Waals surface area contributed by atoms with Crippen LogP contribution in [0.1, 0.15) is 0 Å². The molecule has 7 nitrogen and oxygen atoms in total. The highest BCUT2D eigenvalue weighted by Gasteiger charge is 2.14. The Hall–Kier alpha value is -2.19. The largest absolute Gasteiger partial charge is 0.324 e. The summed E-state index contributed by atoms with van der Waals surface area (Å²) in [4.78, 5) is 33.7. The number of anilines is 1. The average molecular weight is 387 g/mol. The monoisotopic (exact) mass is 385 g/mol. The summed E-state index contributed by atoms with van der Waals surface area (Å²) in [6, 6.07) is 6.81. The third-order valence-electron chi connectivity index (χ3n) is 2.69. The van der Waals surface area contributed by atoms with E-state index in [-0.39, 0.29) is 28.5 Å². The summed E-state index contributed by atoms with van der Waals surface area (Å²) >= 11 is 8.90. The number of pyridine rings is 1. The zero-order valence-electron chi connectivity index (χ0n) is 11.0. The van der Waals surface area contributed by atoms with Crippen molar-refractivity contribution >= 4 is 44.8 Å². The minimum atomic E-state index is -0.642. The fourth-order valence-electron chi connectivity index (χ4n) is 1.71. The molecule has 0 aliphatic heterocycles. The van der Waals surface area contributed by atoms with Gasteiger partial charge in [0.2, 0.25) is 5.91 Å². The zero-order valence-corrected chi connectivity index (χ0v) is 13.3. The normalized spacial score (nSPS) is 10.3. The molecule has 1 amide bonds. The number of amides is 1. The fourth-order valence-corrected chi connectivity index (χ4v) is 2.28. The van der Waals surface area contributed by atoms with E-state index in [4.69, 9.17) is 11.6 Å². The number of halogens is 2. The standard InChI is InChI=1S/C13H9BrClN3O4/c14-8-1-4-13(20)17(6-8)7-12(19)16-9-2-3-10(15)11(5-9)18(21)22/h1-6H,7H2,(H,16,19). The van der Waals surface area contributed by atoms with Gasteiger partial charge in [-0.25, -0.2) is 0 Å². The lowest BCUT2D eigenvalue weighted by molar-refractivity contribution is -0.384. The molecule has 1 aromatic heterocycles. The quantitative estimate of drug-likeness (QED) is 0.646. The van der Waals surface area contributed by atoms with Crippen molar-refractivity contribution in [1.82, 2.24) is 4.57 Å². The number of nitrogens with one attached hydrogen (secondary N) is 1. The molecule has 114 valence electrons. The number of nitro groups is 1. The summed E-state index contributed by atoms with van der Waals surface area (Å²) in [6.07, 6.45) is 1.48. The number of nitro benzene ring substituents is 1. The first-order chi connectivity index (χ1) is 10.4. The molecule has 0 spiro atoms. The molecule has 0 atom stereocenters. The molecule has 0 saturated heterocycles. The first-order valence-corrected chi connectivity index (χ1v) is 7.13. The topological polar surface area (TPSA) is 94.2 Å². The van der Waals surface area contributed by atoms with E-state index in [2.05, 4.69) is 21.2 Å². The van der Waals surface area contributed by atoms with Crippen molar-refractivity contribution in [2.24, 2.45) is 0 Å². The van der Waals surface area contributed by atoms with Gasteiger partial charge < -0.3 is 9.88 Å². The maximum Gasteiger partial charge on any atom is 0.289 e. The van der Waals surface area contributed by atoms with Crippen LogP contribution >= 0.6 is 27.5 Å². The first-order valence-electron chi connectivity index (χ1n) is 5.96. The molecule has 0 aliphatic carbocycles. The van der Waals surface area contributed by atoms with E-state index in [1.54, 1.807) is 6.07 Å². The molecule has 0 fully saturated rings. The van der Waals surface area contributed by atoms with Gasteiger partial charge in [-0.3, -0.25) is 19.7 Å². The second kappa shape index (κ2) is 6.71. The van der Waals surface area contributed by atoms with Gasteiger partial charge in [-0.2, -0.15) is 0 Å². The lowest BCUT2D eigenvalue weighted by Crippen LogP contribution is -2.26. The van der Waals surface area contributed by atoms with Crippen LogP contribution in [0.2, 0.25) is 5.02 Å². The molecule has 0 unspecified atom stereocenters. The van der Waals surface area contributed by atoms with E-state index >= 15 is 0 Å². The van der Waals surface area contributed by atoms with Crippen LogP contribution in [0.25, 0.3) is 0 Å². The van der Waals surface area contributed by atoms with Crippen LogP contribution in [-0.2, 0) is 11.3 Å². The van der Waals surface area contributed by atoms with Gasteiger partial charge in [0, 0.05) is 28.5 Å². The van der Waals surface area contributed by atoms with E-state index in [9.17, 15) is 19.7 Å². The zero-order chi connectivity index (χ0) is 16.3. The van der Waals surface area contributed by atoms with Crippen LogP contribution < -0.4 is 10.9 Å². The minimum Gasteiger partial charge on any atom is -0.324 e. The Balaban J connectivity index is 2.16. The van der Waals surface area contributed by atoms with Crippen molar-refractivity contribution in [2.45, 2.75) is 6.54 Å². The van der Waals surface area contributed by atoms with Crippen molar-refractivity contribution in [3.8, 4) is 0 Å². The molecule has 22 heavy (non-hydrogen) atoms. The van der Waals surface area contributed by atoms with Crippen molar-refractivity contribution in [3.63, 3.8) is 0 Å². The lowest BCUT2D eigenvalue weighted by atomic mass is 10.2. The molecule has 2 aromatic rings. The SMILES string of the molecule is O=C(Cn1cc(Br)ccc1=O)Nc1ccc(Cl)c([N+](=O)[O-])c1. The van der Waals surface area contributed by atoms with Crippen molar-refractivity contribution in [1.29, 1.82) is 0 Å². The number of benzene rings is 1. The molecule has 1 aromatic carbocycles. The molecule has 0 bridgehead atoms. The molecule has 0 saturated carbocycles. The molecule has 0 aliphatic rings. The third-order valence-corrected chi connectivity index (χ3v) is 3.48. The van der Waals surface area contributed by atoms with E-state index in [1.807, 2.05) is 0 Å². The number of hydrogen-bond acceptors (Lipinski definition) is 4. The smallest absolute Gasteiger partial charge is 0.289 e. The second-order valence-electron chi connectivity index (χ2n) is 4.28. The summed E-state index contributed by atoms with van der Waals surface area (Å²) < 4.78 is 1.87. The van der Waals surface area contributed by atoms with Gasteiger partial charge in [0.1, 0.15) is 11.6 Å². The molecular weight excluding hydrogens is 378 g/mol. The molecule has 2 rings (SSSR count). The Morgan fingerprint density at radius 1 is 1.36 bits per heavy atom. The molecule has 0 radical (unpaired) electrons. The van der Waals surface area contributed by atoms with Crippen LogP contribution in [0.4, 0.5) is 11.4 Å². The van der Waals surface area contributed by atoms with Gasteiger partial charge in [-0.1, -0.05) is 11.6 Å². The van der Waals surface area contributed by atoms with Crippen LogP contribution in [-0.4, -0.2) is 15.4 Å². The number of nitrogens with zero attached hydrogens (tertiary/aromatic N) is 2. The molecule has 1 N–H and O–H groups in total. The highest BCUT2D eigenvalue weighted by molar-refractivity contribution is 9.10. The minimum absolute atomic E-state index is 0.0220. The Kier molecular flexibility index (Phi) is 4.94. The number of carbonyl (C=O) groups is 1. The highest BCUT2D eigenvalue weighted by atomic mass is 79.9. The fraction of sp³-hybridized carbons (Fsp3) is 0.0769. The highest BCUT2D eigenvalue weighted by Crippen LogP contribution is 2.27. The van der Waals surface area contributed by atoms with Gasteiger partial charge in [0.25, 0.3) is 11.2 Å². The maximum absolute atomic E-state index is 11.9. The summed E-state index contributed by atoms with van der Waals surface area (Å²) in [5.74, 6) is -0.489. The summed E-state index contributed by atoms with van der Waals surface area (Å²) in [7, 11) is 0. The first kappa shape index (κ1) is 16.2. The molecule has 9 heteroatoms.